The van der Waals surface area contributed by atoms with E-state index in [1.54, 1.807) is 6.07 Å². The second kappa shape index (κ2) is 5.94. The van der Waals surface area contributed by atoms with E-state index < -0.39 is 0 Å². The monoisotopic (exact) mass is 301 g/mol. The van der Waals surface area contributed by atoms with Crippen LogP contribution in [-0.4, -0.2) is 29.7 Å². The molecule has 1 N–H and O–H groups in total. The van der Waals surface area contributed by atoms with Crippen LogP contribution in [0.1, 0.15) is 18.4 Å². The molecule has 0 aliphatic carbocycles. The van der Waals surface area contributed by atoms with Crippen LogP contribution in [0.2, 0.25) is 0 Å². The molecule has 1 aromatic rings. The first-order chi connectivity index (χ1) is 8.17. The maximum Gasteiger partial charge on any atom is 0.124 e. The van der Waals surface area contributed by atoms with E-state index in [-0.39, 0.29) is 12.4 Å². The summed E-state index contributed by atoms with van der Waals surface area (Å²) in [5.74, 6) is 0.400. The van der Waals surface area contributed by atoms with Crippen molar-refractivity contribution < 1.29 is 9.50 Å². The van der Waals surface area contributed by atoms with Gasteiger partial charge in [0.2, 0.25) is 0 Å². The van der Waals surface area contributed by atoms with Crippen LogP contribution >= 0.6 is 15.9 Å². The number of aliphatic hydroxyl groups is 1. The zero-order valence-corrected chi connectivity index (χ0v) is 11.3. The SMILES string of the molecule is OCCC1CCN(Cc2cc(F)cc(Br)c2)C1. The third kappa shape index (κ3) is 3.76. The standard InChI is InChI=1S/C13H17BrFNO/c14-12-5-11(6-13(15)7-12)9-16-3-1-10(8-16)2-4-17/h5-7,10,17H,1-4,8-9H2. The number of halogens is 2. The molecule has 1 heterocycles. The number of rotatable bonds is 4. The maximum absolute atomic E-state index is 13.2. The molecule has 1 fully saturated rings. The third-order valence-corrected chi connectivity index (χ3v) is 3.69. The van der Waals surface area contributed by atoms with Crippen molar-refractivity contribution in [1.29, 1.82) is 0 Å². The van der Waals surface area contributed by atoms with E-state index >= 15 is 0 Å². The van der Waals surface area contributed by atoms with Gasteiger partial charge in [0.05, 0.1) is 0 Å². The van der Waals surface area contributed by atoms with Crippen LogP contribution in [0, 0.1) is 11.7 Å². The molecule has 0 radical (unpaired) electrons. The summed E-state index contributed by atoms with van der Waals surface area (Å²) in [6.07, 6.45) is 2.01. The minimum absolute atomic E-state index is 0.194. The fraction of sp³-hybridized carbons (Fsp3) is 0.538. The molecular weight excluding hydrogens is 285 g/mol. The molecule has 1 aliphatic heterocycles. The number of aliphatic hydroxyl groups excluding tert-OH is 1. The van der Waals surface area contributed by atoms with E-state index in [2.05, 4.69) is 20.8 Å². The second-order valence-electron chi connectivity index (χ2n) is 4.68. The summed E-state index contributed by atoms with van der Waals surface area (Å²) in [5.41, 5.74) is 1.00. The molecule has 0 amide bonds. The number of hydrogen-bond acceptors (Lipinski definition) is 2. The molecule has 0 bridgehead atoms. The largest absolute Gasteiger partial charge is 0.396 e. The molecule has 2 nitrogen and oxygen atoms in total. The minimum atomic E-state index is -0.194. The third-order valence-electron chi connectivity index (χ3n) is 3.24. The molecule has 17 heavy (non-hydrogen) atoms. The van der Waals surface area contributed by atoms with Gasteiger partial charge in [0, 0.05) is 24.2 Å². The highest BCUT2D eigenvalue weighted by Crippen LogP contribution is 2.22. The van der Waals surface area contributed by atoms with Crippen molar-refractivity contribution >= 4 is 15.9 Å². The van der Waals surface area contributed by atoms with E-state index in [9.17, 15) is 4.39 Å². The molecule has 1 saturated heterocycles. The average Bonchev–Trinajstić information content (AvgIpc) is 2.64. The zero-order chi connectivity index (χ0) is 12.3. The van der Waals surface area contributed by atoms with Crippen LogP contribution in [-0.2, 0) is 6.54 Å². The Balaban J connectivity index is 1.93. The molecule has 0 saturated carbocycles. The van der Waals surface area contributed by atoms with Gasteiger partial charge < -0.3 is 5.11 Å². The number of hydrogen-bond donors (Lipinski definition) is 1. The second-order valence-corrected chi connectivity index (χ2v) is 5.60. The first-order valence-corrected chi connectivity index (χ1v) is 6.75. The molecule has 94 valence electrons. The predicted octanol–water partition coefficient (Wildman–Crippen LogP) is 2.79. The Labute approximate surface area is 110 Å². The highest BCUT2D eigenvalue weighted by atomic mass is 79.9. The Bertz CT molecular complexity index is 365. The van der Waals surface area contributed by atoms with Crippen LogP contribution in [0.5, 0.6) is 0 Å². The van der Waals surface area contributed by atoms with E-state index in [0.717, 1.165) is 42.5 Å². The summed E-state index contributed by atoms with van der Waals surface area (Å²) >= 11 is 3.31. The quantitative estimate of drug-likeness (QED) is 0.924. The van der Waals surface area contributed by atoms with Gasteiger partial charge in [-0.1, -0.05) is 15.9 Å². The summed E-state index contributed by atoms with van der Waals surface area (Å²) in [5, 5.41) is 8.90. The summed E-state index contributed by atoms with van der Waals surface area (Å²) in [6, 6.07) is 5.02. The molecule has 0 aromatic heterocycles. The van der Waals surface area contributed by atoms with Crippen molar-refractivity contribution in [2.24, 2.45) is 5.92 Å². The van der Waals surface area contributed by atoms with E-state index in [4.69, 9.17) is 5.11 Å². The van der Waals surface area contributed by atoms with Crippen molar-refractivity contribution in [3.05, 3.63) is 34.1 Å². The molecular formula is C13H17BrFNO. The molecule has 2 rings (SSSR count). The summed E-state index contributed by atoms with van der Waals surface area (Å²) in [7, 11) is 0. The molecule has 1 aromatic carbocycles. The van der Waals surface area contributed by atoms with Crippen LogP contribution in [0.3, 0.4) is 0 Å². The zero-order valence-electron chi connectivity index (χ0n) is 9.70. The fourth-order valence-corrected chi connectivity index (χ4v) is 2.95. The molecule has 1 aliphatic rings. The van der Waals surface area contributed by atoms with Gasteiger partial charge in [0.15, 0.2) is 0 Å². The Morgan fingerprint density at radius 2 is 2.24 bits per heavy atom. The van der Waals surface area contributed by atoms with E-state index in [1.165, 1.54) is 6.07 Å². The van der Waals surface area contributed by atoms with Crippen molar-refractivity contribution in [1.82, 2.24) is 4.90 Å². The van der Waals surface area contributed by atoms with Gasteiger partial charge in [-0.3, -0.25) is 4.90 Å². The van der Waals surface area contributed by atoms with Gasteiger partial charge in [-0.15, -0.1) is 0 Å². The molecule has 0 spiro atoms. The van der Waals surface area contributed by atoms with Crippen molar-refractivity contribution in [2.75, 3.05) is 19.7 Å². The van der Waals surface area contributed by atoms with Gasteiger partial charge in [0.25, 0.3) is 0 Å². The summed E-state index contributed by atoms with van der Waals surface area (Å²) < 4.78 is 14.0. The van der Waals surface area contributed by atoms with Crippen molar-refractivity contribution in [2.45, 2.75) is 19.4 Å². The molecule has 1 atom stereocenters. The highest BCUT2D eigenvalue weighted by Gasteiger charge is 2.21. The molecule has 1 unspecified atom stereocenters. The van der Waals surface area contributed by atoms with Crippen molar-refractivity contribution in [3.63, 3.8) is 0 Å². The van der Waals surface area contributed by atoms with Gasteiger partial charge in [-0.2, -0.15) is 0 Å². The van der Waals surface area contributed by atoms with Gasteiger partial charge >= 0.3 is 0 Å². The lowest BCUT2D eigenvalue weighted by molar-refractivity contribution is 0.249. The highest BCUT2D eigenvalue weighted by molar-refractivity contribution is 9.10. The number of likely N-dealkylation sites (tertiary alicyclic amines) is 1. The van der Waals surface area contributed by atoms with Gasteiger partial charge in [-0.25, -0.2) is 4.39 Å². The topological polar surface area (TPSA) is 23.5 Å². The summed E-state index contributed by atoms with van der Waals surface area (Å²) in [6.45, 7) is 3.11. The smallest absolute Gasteiger partial charge is 0.124 e. The van der Waals surface area contributed by atoms with Crippen LogP contribution in [0.25, 0.3) is 0 Å². The average molecular weight is 302 g/mol. The predicted molar refractivity (Wildman–Crippen MR) is 69.2 cm³/mol. The number of nitrogens with zero attached hydrogens (tertiary/aromatic N) is 1. The van der Waals surface area contributed by atoms with Crippen LogP contribution < -0.4 is 0 Å². The van der Waals surface area contributed by atoms with Crippen LogP contribution in [0.4, 0.5) is 4.39 Å². The van der Waals surface area contributed by atoms with Gasteiger partial charge in [0.1, 0.15) is 5.82 Å². The Morgan fingerprint density at radius 1 is 1.41 bits per heavy atom. The van der Waals surface area contributed by atoms with Crippen molar-refractivity contribution in [3.8, 4) is 0 Å². The minimum Gasteiger partial charge on any atom is -0.396 e. The number of benzene rings is 1. The Kier molecular flexibility index (Phi) is 4.54. The summed E-state index contributed by atoms with van der Waals surface area (Å²) in [4.78, 5) is 2.32. The Hall–Kier alpha value is -0.450. The molecule has 4 heteroatoms. The lowest BCUT2D eigenvalue weighted by Gasteiger charge is -2.16. The lowest BCUT2D eigenvalue weighted by Crippen LogP contribution is -2.20. The first-order valence-electron chi connectivity index (χ1n) is 5.95. The van der Waals surface area contributed by atoms with E-state index in [1.807, 2.05) is 6.07 Å². The first kappa shape index (κ1) is 13.0. The fourth-order valence-electron chi connectivity index (χ4n) is 2.44. The maximum atomic E-state index is 13.2. The lowest BCUT2D eigenvalue weighted by atomic mass is 10.1. The normalized spacial score (nSPS) is 21.0. The Morgan fingerprint density at radius 3 is 2.94 bits per heavy atom. The van der Waals surface area contributed by atoms with Gasteiger partial charge in [-0.05, 0) is 49.1 Å². The van der Waals surface area contributed by atoms with E-state index in [0.29, 0.717) is 5.92 Å². The van der Waals surface area contributed by atoms with Crippen LogP contribution in [0.15, 0.2) is 22.7 Å².